The van der Waals surface area contributed by atoms with Gasteiger partial charge in [0.05, 0.1) is 13.0 Å². The van der Waals surface area contributed by atoms with Gasteiger partial charge >= 0.3 is 0 Å². The van der Waals surface area contributed by atoms with Crippen LogP contribution in [0.3, 0.4) is 0 Å². The lowest BCUT2D eigenvalue weighted by molar-refractivity contribution is -0.130. The molecular formula is C19H27ClN4O2. The number of ether oxygens (including phenoxy) is 1. The minimum Gasteiger partial charge on any atom is -0.494 e. The van der Waals surface area contributed by atoms with E-state index in [-0.39, 0.29) is 18.3 Å². The van der Waals surface area contributed by atoms with Crippen LogP contribution in [-0.4, -0.2) is 53.1 Å². The summed E-state index contributed by atoms with van der Waals surface area (Å²) in [5.74, 6) is 2.03. The molecule has 1 aromatic carbocycles. The maximum atomic E-state index is 12.5. The Morgan fingerprint density at radius 2 is 1.81 bits per heavy atom. The van der Waals surface area contributed by atoms with Gasteiger partial charge in [-0.3, -0.25) is 4.79 Å². The van der Waals surface area contributed by atoms with Gasteiger partial charge in [-0.05, 0) is 31.5 Å². The first-order chi connectivity index (χ1) is 12.2. The first-order valence-corrected chi connectivity index (χ1v) is 8.96. The van der Waals surface area contributed by atoms with Gasteiger partial charge in [-0.25, -0.2) is 4.98 Å². The number of benzene rings is 1. The normalized spacial score (nSPS) is 14.1. The number of piperazine rings is 1. The van der Waals surface area contributed by atoms with Crippen molar-refractivity contribution in [2.24, 2.45) is 0 Å². The Balaban J connectivity index is 0.00000243. The average molecular weight is 379 g/mol. The van der Waals surface area contributed by atoms with Crippen molar-refractivity contribution in [2.45, 2.75) is 26.8 Å². The summed E-state index contributed by atoms with van der Waals surface area (Å²) in [4.78, 5) is 21.2. The van der Waals surface area contributed by atoms with Crippen LogP contribution in [0.25, 0.3) is 0 Å². The van der Waals surface area contributed by atoms with Crippen molar-refractivity contribution in [1.82, 2.24) is 14.5 Å². The van der Waals surface area contributed by atoms with E-state index in [0.29, 0.717) is 13.0 Å². The predicted octanol–water partition coefficient (Wildman–Crippen LogP) is 2.61. The average Bonchev–Trinajstić information content (AvgIpc) is 3.12. The van der Waals surface area contributed by atoms with E-state index in [4.69, 9.17) is 4.74 Å². The number of aryl methyl sites for hydroxylation is 1. The lowest BCUT2D eigenvalue weighted by Crippen LogP contribution is -2.49. The van der Waals surface area contributed by atoms with E-state index in [0.717, 1.165) is 50.0 Å². The minimum atomic E-state index is 0. The molecule has 0 radical (unpaired) electrons. The van der Waals surface area contributed by atoms with Crippen molar-refractivity contribution in [3.05, 3.63) is 42.2 Å². The number of halogens is 1. The molecule has 1 saturated heterocycles. The largest absolute Gasteiger partial charge is 0.494 e. The summed E-state index contributed by atoms with van der Waals surface area (Å²) in [6, 6.07) is 7.79. The zero-order chi connectivity index (χ0) is 17.6. The number of amides is 1. The van der Waals surface area contributed by atoms with Crippen molar-refractivity contribution in [2.75, 3.05) is 37.7 Å². The zero-order valence-corrected chi connectivity index (χ0v) is 16.2. The summed E-state index contributed by atoms with van der Waals surface area (Å²) in [6.45, 7) is 8.77. The van der Waals surface area contributed by atoms with Crippen molar-refractivity contribution in [3.63, 3.8) is 0 Å². The summed E-state index contributed by atoms with van der Waals surface area (Å²) in [5.41, 5.74) is 1.03. The third kappa shape index (κ3) is 4.69. The Bertz CT molecular complexity index is 694. The van der Waals surface area contributed by atoms with E-state index in [9.17, 15) is 4.79 Å². The zero-order valence-electron chi connectivity index (χ0n) is 15.4. The van der Waals surface area contributed by atoms with Gasteiger partial charge < -0.3 is 19.1 Å². The summed E-state index contributed by atoms with van der Waals surface area (Å²) in [5, 5.41) is 0. The summed E-state index contributed by atoms with van der Waals surface area (Å²) >= 11 is 0. The molecule has 0 aliphatic carbocycles. The highest BCUT2D eigenvalue weighted by molar-refractivity contribution is 5.85. The predicted molar refractivity (Wildman–Crippen MR) is 105 cm³/mol. The SMILES string of the molecule is CCOc1ccc(CC(=O)N2CCN(c3nccn3CC)CC2)cc1.Cl. The molecule has 0 spiro atoms. The molecule has 142 valence electrons. The van der Waals surface area contributed by atoms with E-state index in [1.54, 1.807) is 0 Å². The van der Waals surface area contributed by atoms with Gasteiger partial charge in [-0.15, -0.1) is 12.4 Å². The molecule has 26 heavy (non-hydrogen) atoms. The van der Waals surface area contributed by atoms with Gasteiger partial charge in [0.15, 0.2) is 0 Å². The third-order valence-corrected chi connectivity index (χ3v) is 4.54. The van der Waals surface area contributed by atoms with E-state index in [1.165, 1.54) is 0 Å². The molecule has 0 bridgehead atoms. The van der Waals surface area contributed by atoms with Gasteiger partial charge in [0.2, 0.25) is 11.9 Å². The second kappa shape index (κ2) is 9.48. The monoisotopic (exact) mass is 378 g/mol. The first kappa shape index (κ1) is 20.1. The standard InChI is InChI=1S/C19H26N4O2.ClH/c1-3-21-10-9-20-19(21)23-13-11-22(12-14-23)18(24)15-16-5-7-17(8-6-16)25-4-2;/h5-10H,3-4,11-15H2,1-2H3;1H. The second-order valence-electron chi connectivity index (χ2n) is 6.13. The Labute approximate surface area is 161 Å². The number of nitrogens with zero attached hydrogens (tertiary/aromatic N) is 4. The van der Waals surface area contributed by atoms with Crippen LogP contribution in [0.1, 0.15) is 19.4 Å². The fourth-order valence-electron chi connectivity index (χ4n) is 3.14. The van der Waals surface area contributed by atoms with Gasteiger partial charge in [0.1, 0.15) is 5.75 Å². The minimum absolute atomic E-state index is 0. The van der Waals surface area contributed by atoms with Gasteiger partial charge in [-0.1, -0.05) is 12.1 Å². The Morgan fingerprint density at radius 3 is 2.42 bits per heavy atom. The molecule has 7 heteroatoms. The van der Waals surface area contributed by atoms with Gasteiger partial charge in [-0.2, -0.15) is 0 Å². The van der Waals surface area contributed by atoms with E-state index < -0.39 is 0 Å². The Morgan fingerprint density at radius 1 is 1.12 bits per heavy atom. The number of imidazole rings is 1. The quantitative estimate of drug-likeness (QED) is 0.775. The fourth-order valence-corrected chi connectivity index (χ4v) is 3.14. The van der Waals surface area contributed by atoms with E-state index in [1.807, 2.05) is 48.5 Å². The molecule has 2 heterocycles. The molecule has 1 fully saturated rings. The van der Waals surface area contributed by atoms with Crippen molar-refractivity contribution >= 4 is 24.3 Å². The molecule has 1 aromatic heterocycles. The smallest absolute Gasteiger partial charge is 0.227 e. The molecule has 1 aliphatic rings. The van der Waals surface area contributed by atoms with Gasteiger partial charge in [0.25, 0.3) is 0 Å². The summed E-state index contributed by atoms with van der Waals surface area (Å²) in [6.07, 6.45) is 4.27. The second-order valence-corrected chi connectivity index (χ2v) is 6.13. The number of hydrogen-bond acceptors (Lipinski definition) is 4. The highest BCUT2D eigenvalue weighted by Gasteiger charge is 2.23. The van der Waals surface area contributed by atoms with Crippen LogP contribution in [-0.2, 0) is 17.8 Å². The molecule has 0 saturated carbocycles. The fraction of sp³-hybridized carbons (Fsp3) is 0.474. The highest BCUT2D eigenvalue weighted by atomic mass is 35.5. The first-order valence-electron chi connectivity index (χ1n) is 8.96. The lowest BCUT2D eigenvalue weighted by Gasteiger charge is -2.35. The highest BCUT2D eigenvalue weighted by Crippen LogP contribution is 2.16. The molecular weight excluding hydrogens is 352 g/mol. The van der Waals surface area contributed by atoms with Crippen LogP contribution < -0.4 is 9.64 Å². The van der Waals surface area contributed by atoms with E-state index >= 15 is 0 Å². The van der Waals surface area contributed by atoms with Crippen molar-refractivity contribution in [3.8, 4) is 5.75 Å². The molecule has 1 aliphatic heterocycles. The molecule has 2 aromatic rings. The molecule has 0 atom stereocenters. The lowest BCUT2D eigenvalue weighted by atomic mass is 10.1. The molecule has 0 unspecified atom stereocenters. The van der Waals surface area contributed by atoms with Crippen LogP contribution in [0.4, 0.5) is 5.95 Å². The summed E-state index contributed by atoms with van der Waals surface area (Å²) in [7, 11) is 0. The number of rotatable bonds is 6. The molecule has 6 nitrogen and oxygen atoms in total. The third-order valence-electron chi connectivity index (χ3n) is 4.54. The topological polar surface area (TPSA) is 50.6 Å². The van der Waals surface area contributed by atoms with Crippen LogP contribution in [0.5, 0.6) is 5.75 Å². The molecule has 0 N–H and O–H groups in total. The maximum absolute atomic E-state index is 12.5. The number of carbonyl (C=O) groups excluding carboxylic acids is 1. The van der Waals surface area contributed by atoms with Crippen LogP contribution in [0, 0.1) is 0 Å². The molecule has 3 rings (SSSR count). The maximum Gasteiger partial charge on any atom is 0.227 e. The molecule has 1 amide bonds. The number of carbonyl (C=O) groups is 1. The van der Waals surface area contributed by atoms with Gasteiger partial charge in [0, 0.05) is 45.1 Å². The van der Waals surface area contributed by atoms with Crippen LogP contribution >= 0.6 is 12.4 Å². The van der Waals surface area contributed by atoms with Crippen LogP contribution in [0.2, 0.25) is 0 Å². The summed E-state index contributed by atoms with van der Waals surface area (Å²) < 4.78 is 7.58. The number of anilines is 1. The number of aromatic nitrogens is 2. The van der Waals surface area contributed by atoms with E-state index in [2.05, 4.69) is 21.4 Å². The number of hydrogen-bond donors (Lipinski definition) is 0. The van der Waals surface area contributed by atoms with Crippen molar-refractivity contribution in [1.29, 1.82) is 0 Å². The van der Waals surface area contributed by atoms with Crippen molar-refractivity contribution < 1.29 is 9.53 Å². The Hall–Kier alpha value is -2.21. The Kier molecular flexibility index (Phi) is 7.33. The van der Waals surface area contributed by atoms with Crippen LogP contribution in [0.15, 0.2) is 36.7 Å².